The first-order valence-electron chi connectivity index (χ1n) is 6.25. The number of nitrogens with zero attached hydrogens (tertiary/aromatic N) is 3. The first-order chi connectivity index (χ1) is 10.5. The van der Waals surface area contributed by atoms with Crippen molar-refractivity contribution in [1.29, 1.82) is 0 Å². The minimum absolute atomic E-state index is 0.0386. The number of alkyl halides is 3. The van der Waals surface area contributed by atoms with E-state index in [2.05, 4.69) is 10.7 Å². The summed E-state index contributed by atoms with van der Waals surface area (Å²) in [6.07, 6.45) is -5.00. The highest BCUT2D eigenvalue weighted by molar-refractivity contribution is 5.86. The lowest BCUT2D eigenvalue weighted by molar-refractivity contribution is -0.392. The van der Waals surface area contributed by atoms with Gasteiger partial charge in [0.05, 0.1) is 15.4 Å². The predicted molar refractivity (Wildman–Crippen MR) is 76.2 cm³/mol. The summed E-state index contributed by atoms with van der Waals surface area (Å²) in [5, 5.41) is 25.8. The highest BCUT2D eigenvalue weighted by Gasteiger charge is 2.42. The Morgan fingerprint density at radius 3 is 2.09 bits per heavy atom. The SMILES string of the molecule is CCNc1c(C(F)(F)F)cc([N+](=O)[O-])c(NN(C)C)c1[N+](=O)[O-]. The number of nitro benzene ring substituents is 2. The quantitative estimate of drug-likeness (QED) is 0.606. The van der Waals surface area contributed by atoms with Gasteiger partial charge in [0.25, 0.3) is 0 Å². The summed E-state index contributed by atoms with van der Waals surface area (Å²) < 4.78 is 39.4. The Kier molecular flexibility index (Phi) is 5.32. The molecule has 2 N–H and O–H groups in total. The van der Waals surface area contributed by atoms with Crippen molar-refractivity contribution in [2.45, 2.75) is 13.1 Å². The zero-order valence-electron chi connectivity index (χ0n) is 12.4. The van der Waals surface area contributed by atoms with E-state index in [1.54, 1.807) is 0 Å². The number of halogens is 3. The van der Waals surface area contributed by atoms with Gasteiger partial charge in [-0.1, -0.05) is 0 Å². The maximum Gasteiger partial charge on any atom is 0.418 e. The molecule has 1 rings (SSSR count). The molecule has 0 amide bonds. The Labute approximate surface area is 128 Å². The summed E-state index contributed by atoms with van der Waals surface area (Å²) in [5.74, 6) is 0. The molecule has 0 aliphatic rings. The van der Waals surface area contributed by atoms with E-state index >= 15 is 0 Å². The van der Waals surface area contributed by atoms with Gasteiger partial charge >= 0.3 is 17.6 Å². The third-order valence-corrected chi connectivity index (χ3v) is 2.65. The van der Waals surface area contributed by atoms with Gasteiger partial charge in [-0.15, -0.1) is 0 Å². The molecule has 0 radical (unpaired) electrons. The van der Waals surface area contributed by atoms with Gasteiger partial charge in [-0.3, -0.25) is 20.2 Å². The van der Waals surface area contributed by atoms with Gasteiger partial charge in [-0.25, -0.2) is 5.01 Å². The van der Waals surface area contributed by atoms with E-state index in [1.807, 2.05) is 0 Å². The molecule has 23 heavy (non-hydrogen) atoms. The predicted octanol–water partition coefficient (Wildman–Crippen LogP) is 2.84. The molecular formula is C11H14F3N5O4. The van der Waals surface area contributed by atoms with Gasteiger partial charge < -0.3 is 10.7 Å². The van der Waals surface area contributed by atoms with Gasteiger partial charge in [0.1, 0.15) is 5.69 Å². The number of hydrogen-bond donors (Lipinski definition) is 2. The van der Waals surface area contributed by atoms with E-state index in [4.69, 9.17) is 0 Å². The van der Waals surface area contributed by atoms with Crippen molar-refractivity contribution in [2.24, 2.45) is 0 Å². The van der Waals surface area contributed by atoms with Crippen molar-refractivity contribution >= 4 is 22.7 Å². The van der Waals surface area contributed by atoms with Gasteiger partial charge in [0.2, 0.25) is 5.69 Å². The van der Waals surface area contributed by atoms with E-state index in [9.17, 15) is 33.4 Å². The maximum absolute atomic E-state index is 13.1. The monoisotopic (exact) mass is 337 g/mol. The molecule has 0 aliphatic heterocycles. The van der Waals surface area contributed by atoms with Crippen LogP contribution >= 0.6 is 0 Å². The van der Waals surface area contributed by atoms with E-state index in [0.717, 1.165) is 5.01 Å². The zero-order valence-corrected chi connectivity index (χ0v) is 12.4. The molecule has 1 aromatic carbocycles. The second-order valence-corrected chi connectivity index (χ2v) is 4.59. The average Bonchev–Trinajstić information content (AvgIpc) is 2.35. The van der Waals surface area contributed by atoms with Crippen LogP contribution < -0.4 is 10.7 Å². The molecule has 0 heterocycles. The van der Waals surface area contributed by atoms with Gasteiger partial charge in [0.15, 0.2) is 0 Å². The maximum atomic E-state index is 13.1. The average molecular weight is 337 g/mol. The number of hydrogen-bond acceptors (Lipinski definition) is 7. The largest absolute Gasteiger partial charge is 0.418 e. The van der Waals surface area contributed by atoms with Crippen LogP contribution in [0.15, 0.2) is 6.07 Å². The van der Waals surface area contributed by atoms with Crippen molar-refractivity contribution in [3.63, 3.8) is 0 Å². The van der Waals surface area contributed by atoms with E-state index < -0.39 is 44.3 Å². The van der Waals surface area contributed by atoms with Crippen LogP contribution in [0.1, 0.15) is 12.5 Å². The summed E-state index contributed by atoms with van der Waals surface area (Å²) in [5.41, 5.74) is -2.68. The smallest absolute Gasteiger partial charge is 0.379 e. The molecule has 0 saturated carbocycles. The van der Waals surface area contributed by atoms with Crippen molar-refractivity contribution < 1.29 is 23.0 Å². The molecular weight excluding hydrogens is 323 g/mol. The molecule has 0 fully saturated rings. The minimum atomic E-state index is -5.00. The third-order valence-electron chi connectivity index (χ3n) is 2.65. The Balaban J connectivity index is 3.91. The molecule has 0 spiro atoms. The summed E-state index contributed by atoms with van der Waals surface area (Å²) >= 11 is 0. The molecule has 0 unspecified atom stereocenters. The summed E-state index contributed by atoms with van der Waals surface area (Å²) in [6, 6.07) is 0.275. The molecule has 0 atom stereocenters. The first kappa shape index (κ1) is 18.4. The number of anilines is 2. The minimum Gasteiger partial charge on any atom is -0.379 e. The highest BCUT2D eigenvalue weighted by atomic mass is 19.4. The summed E-state index contributed by atoms with van der Waals surface area (Å²) in [6.45, 7) is 1.41. The second-order valence-electron chi connectivity index (χ2n) is 4.59. The standard InChI is InChI=1S/C11H14F3N5O4/c1-4-15-8-6(11(12,13)14)5-7(18(20)21)9(16-17(2)3)10(8)19(22)23/h5,15-16H,4H2,1-3H3. The van der Waals surface area contributed by atoms with Crippen LogP contribution in [0.3, 0.4) is 0 Å². The third kappa shape index (κ3) is 3.97. The number of benzene rings is 1. The molecule has 0 aliphatic carbocycles. The topological polar surface area (TPSA) is 114 Å². The zero-order chi connectivity index (χ0) is 17.9. The molecule has 0 saturated heterocycles. The van der Waals surface area contributed by atoms with Gasteiger partial charge in [0, 0.05) is 26.7 Å². The molecule has 12 heteroatoms. The fourth-order valence-corrected chi connectivity index (χ4v) is 1.89. The van der Waals surface area contributed by atoms with E-state index in [-0.39, 0.29) is 12.6 Å². The number of rotatable bonds is 6. The van der Waals surface area contributed by atoms with Crippen LogP contribution in [0, 0.1) is 20.2 Å². The first-order valence-corrected chi connectivity index (χ1v) is 6.25. The lowest BCUT2D eigenvalue weighted by Crippen LogP contribution is -2.23. The molecule has 1 aromatic rings. The number of nitro groups is 2. The van der Waals surface area contributed by atoms with Crippen LogP contribution in [-0.2, 0) is 6.18 Å². The number of nitrogens with one attached hydrogen (secondary N) is 2. The van der Waals surface area contributed by atoms with E-state index in [1.165, 1.54) is 21.0 Å². The van der Waals surface area contributed by atoms with Gasteiger partial charge in [-0.2, -0.15) is 13.2 Å². The fourth-order valence-electron chi connectivity index (χ4n) is 1.89. The van der Waals surface area contributed by atoms with Crippen LogP contribution in [-0.4, -0.2) is 35.5 Å². The van der Waals surface area contributed by atoms with Crippen LogP contribution in [0.5, 0.6) is 0 Å². The van der Waals surface area contributed by atoms with Crippen molar-refractivity contribution in [3.8, 4) is 0 Å². The fraction of sp³-hybridized carbons (Fsp3) is 0.455. The van der Waals surface area contributed by atoms with Crippen LogP contribution in [0.25, 0.3) is 0 Å². The Morgan fingerprint density at radius 1 is 1.17 bits per heavy atom. The molecule has 9 nitrogen and oxygen atoms in total. The van der Waals surface area contributed by atoms with Gasteiger partial charge in [-0.05, 0) is 6.92 Å². The second kappa shape index (κ2) is 6.64. The summed E-state index contributed by atoms with van der Waals surface area (Å²) in [7, 11) is 2.77. The highest BCUT2D eigenvalue weighted by Crippen LogP contribution is 2.48. The Bertz CT molecular complexity index is 633. The van der Waals surface area contributed by atoms with Crippen molar-refractivity contribution in [3.05, 3.63) is 31.9 Å². The van der Waals surface area contributed by atoms with E-state index in [0.29, 0.717) is 0 Å². The Morgan fingerprint density at radius 2 is 1.74 bits per heavy atom. The lowest BCUT2D eigenvalue weighted by Gasteiger charge is -2.19. The molecule has 128 valence electrons. The Hall–Kier alpha value is -2.63. The van der Waals surface area contributed by atoms with Crippen molar-refractivity contribution in [2.75, 3.05) is 31.4 Å². The van der Waals surface area contributed by atoms with Crippen molar-refractivity contribution in [1.82, 2.24) is 5.01 Å². The summed E-state index contributed by atoms with van der Waals surface area (Å²) in [4.78, 5) is 20.1. The molecule has 0 aromatic heterocycles. The molecule has 0 bridgehead atoms. The number of hydrazine groups is 1. The normalized spacial score (nSPS) is 11.4. The van der Waals surface area contributed by atoms with Crippen LogP contribution in [0.4, 0.5) is 35.9 Å². The van der Waals surface area contributed by atoms with Crippen LogP contribution in [0.2, 0.25) is 0 Å². The lowest BCUT2D eigenvalue weighted by atomic mass is 10.1.